The van der Waals surface area contributed by atoms with Gasteiger partial charge in [-0.1, -0.05) is 0 Å². The van der Waals surface area contributed by atoms with Crippen LogP contribution in [0.15, 0.2) is 0 Å². The van der Waals surface area contributed by atoms with Gasteiger partial charge in [0.15, 0.2) is 9.04 Å². The van der Waals surface area contributed by atoms with Gasteiger partial charge in [-0.25, -0.2) is 0 Å². The smallest absolute Gasteiger partial charge is 0.321 e. The van der Waals surface area contributed by atoms with Gasteiger partial charge in [-0.2, -0.15) is 0 Å². The van der Waals surface area contributed by atoms with E-state index in [9.17, 15) is 0 Å². The van der Waals surface area contributed by atoms with Crippen LogP contribution in [0.1, 0.15) is 27.7 Å². The minimum Gasteiger partial charge on any atom is -0.436 e. The molecule has 0 fully saturated rings. The van der Waals surface area contributed by atoms with Crippen molar-refractivity contribution in [2.45, 2.75) is 57.8 Å². The van der Waals surface area contributed by atoms with Gasteiger partial charge in [0.1, 0.15) is 10.5 Å². The Balaban J connectivity index is 4.48. The summed E-state index contributed by atoms with van der Waals surface area (Å²) in [5.74, 6) is 0. The third kappa shape index (κ3) is 6.47. The molecule has 0 saturated heterocycles. The Hall–Kier alpha value is 0.748. The lowest BCUT2D eigenvalue weighted by Gasteiger charge is -2.38. The van der Waals surface area contributed by atoms with Crippen molar-refractivity contribution in [3.63, 3.8) is 0 Å². The van der Waals surface area contributed by atoms with Crippen molar-refractivity contribution >= 4 is 38.3 Å². The van der Waals surface area contributed by atoms with E-state index in [4.69, 9.17) is 13.0 Å². The van der Waals surface area contributed by atoms with E-state index in [2.05, 4.69) is 47.3 Å². The molecule has 16 heavy (non-hydrogen) atoms. The summed E-state index contributed by atoms with van der Waals surface area (Å²) in [5.41, 5.74) is 0. The van der Waals surface area contributed by atoms with Crippen LogP contribution in [0, 0.1) is 0 Å². The lowest BCUT2D eigenvalue weighted by molar-refractivity contribution is 0.138. The molecule has 0 bridgehead atoms. The minimum absolute atomic E-state index is 0.00973. The van der Waals surface area contributed by atoms with E-state index in [1.54, 1.807) is 0 Å². The Bertz CT molecular complexity index is 225. The molecule has 0 spiro atoms. The second-order valence-electron chi connectivity index (χ2n) is 6.18. The molecule has 0 N–H and O–H groups in total. The highest BCUT2D eigenvalue weighted by atomic mass is 28.4. The summed E-state index contributed by atoms with van der Waals surface area (Å²) in [7, 11) is -1.57. The Morgan fingerprint density at radius 3 is 1.88 bits per heavy atom. The maximum absolute atomic E-state index is 6.24. The number of rotatable bonds is 6. The van der Waals surface area contributed by atoms with E-state index >= 15 is 0 Å². The first-order valence-electron chi connectivity index (χ1n) is 5.83. The summed E-state index contributed by atoms with van der Waals surface area (Å²) >= 11 is 0. The first kappa shape index (κ1) is 16.7. The highest BCUT2D eigenvalue weighted by molar-refractivity contribution is 6.74. The molecule has 0 aromatic rings. The molecule has 0 amide bonds. The van der Waals surface area contributed by atoms with Gasteiger partial charge in [0, 0.05) is 15.5 Å². The van der Waals surface area contributed by atoms with Crippen LogP contribution < -0.4 is 0 Å². The Labute approximate surface area is 109 Å². The van der Waals surface area contributed by atoms with Gasteiger partial charge >= 0.3 is 8.56 Å². The van der Waals surface area contributed by atoms with Gasteiger partial charge in [0.25, 0.3) is 0 Å². The predicted molar refractivity (Wildman–Crippen MR) is 81.8 cm³/mol. The number of hydrogen-bond acceptors (Lipinski definition) is 3. The van der Waals surface area contributed by atoms with Crippen LogP contribution in [0.4, 0.5) is 0 Å². The van der Waals surface area contributed by atoms with Crippen molar-refractivity contribution in [2.75, 3.05) is 0 Å². The van der Waals surface area contributed by atoms with Crippen molar-refractivity contribution < 1.29 is 13.0 Å². The van der Waals surface area contributed by atoms with Crippen LogP contribution >= 0.6 is 0 Å². The third-order valence-corrected chi connectivity index (χ3v) is 11.6. The number of hydrogen-bond donors (Lipinski definition) is 0. The molecule has 0 rings (SSSR count). The van der Waals surface area contributed by atoms with Gasteiger partial charge < -0.3 is 13.0 Å². The van der Waals surface area contributed by atoms with Crippen molar-refractivity contribution in [1.82, 2.24) is 0 Å². The average molecular weight is 297 g/mol. The maximum Gasteiger partial charge on any atom is 0.321 e. The molecule has 98 valence electrons. The summed E-state index contributed by atoms with van der Waals surface area (Å²) in [6.07, 6.45) is 0. The molecule has 0 saturated carbocycles. The molecular weight excluding hydrogens is 268 g/mol. The van der Waals surface area contributed by atoms with Gasteiger partial charge in [0.2, 0.25) is 0 Å². The first-order chi connectivity index (χ1) is 6.90. The van der Waals surface area contributed by atoms with Gasteiger partial charge in [-0.3, -0.25) is 0 Å². The summed E-state index contributed by atoms with van der Waals surface area (Å²) in [4.78, 5) is 0. The fourth-order valence-electron chi connectivity index (χ4n) is 1.50. The lowest BCUT2D eigenvalue weighted by Crippen LogP contribution is -2.53. The monoisotopic (exact) mass is 296 g/mol. The molecule has 1 unspecified atom stereocenters. The maximum atomic E-state index is 6.24. The SMILES string of the molecule is C[SiH](O[Si](C)(C)OC(C)(C)[SiH3])C(C)(C)O[SiH3]. The molecule has 1 atom stereocenters. The Morgan fingerprint density at radius 2 is 1.56 bits per heavy atom. The van der Waals surface area contributed by atoms with Crippen molar-refractivity contribution in [3.05, 3.63) is 0 Å². The summed E-state index contributed by atoms with van der Waals surface area (Å²) in [6.45, 7) is 15.0. The second kappa shape index (κ2) is 5.59. The van der Waals surface area contributed by atoms with E-state index in [0.717, 1.165) is 20.7 Å². The highest BCUT2D eigenvalue weighted by Crippen LogP contribution is 2.21. The zero-order valence-electron chi connectivity index (χ0n) is 12.3. The minimum atomic E-state index is -2.00. The van der Waals surface area contributed by atoms with Crippen LogP contribution in [0.2, 0.25) is 19.6 Å². The normalized spacial score (nSPS) is 16.7. The molecule has 7 heteroatoms. The standard InChI is InChI=1S/C9H28O3Si4/c1-8(2,13)11-16(6,7)12-15(5)9(3,4)10-14/h15H,1-7,13-14H3. The van der Waals surface area contributed by atoms with Crippen molar-refractivity contribution in [2.24, 2.45) is 0 Å². The van der Waals surface area contributed by atoms with E-state index in [1.807, 2.05) is 0 Å². The van der Waals surface area contributed by atoms with Crippen LogP contribution in [0.3, 0.4) is 0 Å². The Morgan fingerprint density at radius 1 is 1.12 bits per heavy atom. The Kier molecular flexibility index (Phi) is 5.85. The molecule has 0 heterocycles. The van der Waals surface area contributed by atoms with Gasteiger partial charge in [-0.15, -0.1) is 0 Å². The van der Waals surface area contributed by atoms with E-state index in [0.29, 0.717) is 0 Å². The predicted octanol–water partition coefficient (Wildman–Crippen LogP) is -0.209. The van der Waals surface area contributed by atoms with Crippen LogP contribution in [-0.2, 0) is 13.0 Å². The fourth-order valence-corrected chi connectivity index (χ4v) is 10.5. The topological polar surface area (TPSA) is 27.7 Å². The van der Waals surface area contributed by atoms with Crippen LogP contribution in [0.5, 0.6) is 0 Å². The lowest BCUT2D eigenvalue weighted by atomic mass is 10.5. The molecule has 0 radical (unpaired) electrons. The average Bonchev–Trinajstić information content (AvgIpc) is 1.98. The van der Waals surface area contributed by atoms with Gasteiger partial charge in [-0.05, 0) is 47.3 Å². The second-order valence-corrected chi connectivity index (χ2v) is 15.6. The van der Waals surface area contributed by atoms with Crippen LogP contribution in [0.25, 0.3) is 0 Å². The molecule has 0 aliphatic carbocycles. The summed E-state index contributed by atoms with van der Waals surface area (Å²) in [5, 5.41) is -0.0645. The van der Waals surface area contributed by atoms with Crippen molar-refractivity contribution in [1.29, 1.82) is 0 Å². The fraction of sp³-hybridized carbons (Fsp3) is 1.00. The van der Waals surface area contributed by atoms with Crippen molar-refractivity contribution in [3.8, 4) is 0 Å². The molecule has 0 aliphatic heterocycles. The quantitative estimate of drug-likeness (QED) is 0.635. The summed E-state index contributed by atoms with van der Waals surface area (Å²) < 4.78 is 18.0. The van der Waals surface area contributed by atoms with E-state index in [1.165, 1.54) is 0 Å². The highest BCUT2D eigenvalue weighted by Gasteiger charge is 2.37. The first-order valence-corrected chi connectivity index (χ1v) is 12.7. The zero-order chi connectivity index (χ0) is 13.2. The molecular formula is C9H28O3Si4. The van der Waals surface area contributed by atoms with Gasteiger partial charge in [0.05, 0.1) is 5.22 Å². The summed E-state index contributed by atoms with van der Waals surface area (Å²) in [6, 6.07) is 0. The zero-order valence-corrected chi connectivity index (χ0v) is 18.5. The van der Waals surface area contributed by atoms with E-state index in [-0.39, 0.29) is 10.4 Å². The molecule has 0 aromatic heterocycles. The molecule has 0 aliphatic rings. The van der Waals surface area contributed by atoms with Crippen LogP contribution in [-0.4, -0.2) is 48.8 Å². The van der Waals surface area contributed by atoms with E-state index < -0.39 is 17.6 Å². The largest absolute Gasteiger partial charge is 0.436 e. The molecule has 3 nitrogen and oxygen atoms in total. The third-order valence-electron chi connectivity index (χ3n) is 2.52. The molecule has 0 aromatic carbocycles.